The molecule has 0 aromatic carbocycles. The number of thiocarbonyl (C=S) groups is 1. The second kappa shape index (κ2) is 5.31. The van der Waals surface area contributed by atoms with Crippen LogP contribution in [-0.4, -0.2) is 34.6 Å². The summed E-state index contributed by atoms with van der Waals surface area (Å²) >= 11 is 5.11. The van der Waals surface area contributed by atoms with Gasteiger partial charge in [-0.2, -0.15) is 0 Å². The van der Waals surface area contributed by atoms with E-state index in [9.17, 15) is 9.59 Å². The third kappa shape index (κ3) is 3.29. The predicted molar refractivity (Wildman–Crippen MR) is 66.0 cm³/mol. The van der Waals surface area contributed by atoms with Crippen molar-refractivity contribution in [3.8, 4) is 0 Å². The fourth-order valence-corrected chi connectivity index (χ4v) is 2.40. The van der Waals surface area contributed by atoms with E-state index >= 15 is 0 Å². The zero-order valence-electron chi connectivity index (χ0n) is 9.49. The fraction of sp³-hybridized carbons (Fsp3) is 0.700. The van der Waals surface area contributed by atoms with Gasteiger partial charge in [0.25, 0.3) is 0 Å². The average molecular weight is 256 g/mol. The van der Waals surface area contributed by atoms with Crippen LogP contribution in [0.4, 0.5) is 4.79 Å². The van der Waals surface area contributed by atoms with Crippen LogP contribution >= 0.6 is 12.2 Å². The van der Waals surface area contributed by atoms with Crippen molar-refractivity contribution >= 4 is 29.3 Å². The molecule has 0 bridgehead atoms. The molecule has 0 radical (unpaired) electrons. The van der Waals surface area contributed by atoms with E-state index in [1.54, 1.807) is 0 Å². The van der Waals surface area contributed by atoms with Gasteiger partial charge in [0, 0.05) is 6.04 Å². The third-order valence-electron chi connectivity index (χ3n) is 2.97. The van der Waals surface area contributed by atoms with E-state index in [2.05, 4.69) is 16.1 Å². The summed E-state index contributed by atoms with van der Waals surface area (Å²) in [4.78, 5) is 22.2. The number of nitrogens with zero attached hydrogens (tertiary/aromatic N) is 1. The van der Waals surface area contributed by atoms with Crippen LogP contribution in [-0.2, 0) is 4.79 Å². The van der Waals surface area contributed by atoms with Crippen molar-refractivity contribution in [1.29, 1.82) is 0 Å². The highest BCUT2D eigenvalue weighted by molar-refractivity contribution is 7.80. The maximum atomic E-state index is 11.3. The Morgan fingerprint density at radius 2 is 2.00 bits per heavy atom. The van der Waals surface area contributed by atoms with Gasteiger partial charge in [-0.1, -0.05) is 19.3 Å². The number of hydrazine groups is 1. The Labute approximate surface area is 105 Å². The highest BCUT2D eigenvalue weighted by Gasteiger charge is 2.27. The van der Waals surface area contributed by atoms with Crippen molar-refractivity contribution in [2.45, 2.75) is 38.1 Å². The first-order valence-electron chi connectivity index (χ1n) is 5.83. The molecular weight excluding hydrogens is 240 g/mol. The van der Waals surface area contributed by atoms with Crippen molar-refractivity contribution in [1.82, 2.24) is 21.1 Å². The van der Waals surface area contributed by atoms with Crippen LogP contribution in [0.2, 0.25) is 0 Å². The first kappa shape index (κ1) is 12.1. The van der Waals surface area contributed by atoms with Gasteiger partial charge in [-0.3, -0.25) is 15.5 Å². The molecule has 1 saturated carbocycles. The van der Waals surface area contributed by atoms with Crippen LogP contribution < -0.4 is 16.1 Å². The topological polar surface area (TPSA) is 73.5 Å². The Bertz CT molecular complexity index is 341. The minimum atomic E-state index is -0.456. The Hall–Kier alpha value is -1.37. The molecule has 1 aliphatic heterocycles. The van der Waals surface area contributed by atoms with Crippen LogP contribution in [0.5, 0.6) is 0 Å². The molecule has 1 aliphatic carbocycles. The molecule has 1 heterocycles. The molecule has 2 rings (SSSR count). The van der Waals surface area contributed by atoms with E-state index in [4.69, 9.17) is 12.2 Å². The number of imide groups is 1. The molecule has 17 heavy (non-hydrogen) atoms. The Balaban J connectivity index is 1.76. The summed E-state index contributed by atoms with van der Waals surface area (Å²) in [6, 6.07) is -0.0760. The van der Waals surface area contributed by atoms with Crippen molar-refractivity contribution in [2.75, 3.05) is 6.54 Å². The van der Waals surface area contributed by atoms with Gasteiger partial charge in [-0.05, 0) is 25.1 Å². The number of nitrogens with one attached hydrogen (secondary N) is 3. The standard InChI is InChI=1S/C10H16N4O2S/c15-8-6-14(10(16)12-8)13-9(17)11-7-4-2-1-3-5-7/h7H,1-6H2,(H2,11,13,17)(H,12,15,16). The van der Waals surface area contributed by atoms with E-state index in [1.807, 2.05) is 0 Å². The lowest BCUT2D eigenvalue weighted by Gasteiger charge is -2.26. The number of rotatable bonds is 2. The monoisotopic (exact) mass is 256 g/mol. The highest BCUT2D eigenvalue weighted by Crippen LogP contribution is 2.17. The maximum Gasteiger partial charge on any atom is 0.343 e. The van der Waals surface area contributed by atoms with Crippen molar-refractivity contribution < 1.29 is 9.59 Å². The van der Waals surface area contributed by atoms with Crippen LogP contribution in [0.3, 0.4) is 0 Å². The molecule has 3 amide bonds. The van der Waals surface area contributed by atoms with Crippen LogP contribution in [0.25, 0.3) is 0 Å². The second-order valence-electron chi connectivity index (χ2n) is 4.36. The van der Waals surface area contributed by atoms with E-state index in [1.165, 1.54) is 24.3 Å². The summed E-state index contributed by atoms with van der Waals surface area (Å²) in [6.07, 6.45) is 5.91. The van der Waals surface area contributed by atoms with Gasteiger partial charge < -0.3 is 5.32 Å². The van der Waals surface area contributed by atoms with E-state index < -0.39 is 6.03 Å². The minimum absolute atomic E-state index is 0.00528. The maximum absolute atomic E-state index is 11.3. The van der Waals surface area contributed by atoms with Crippen molar-refractivity contribution in [2.24, 2.45) is 0 Å². The van der Waals surface area contributed by atoms with Crippen LogP contribution in [0.15, 0.2) is 0 Å². The number of hydrogen-bond donors (Lipinski definition) is 3. The molecule has 0 atom stereocenters. The normalized spacial score (nSPS) is 21.3. The van der Waals surface area contributed by atoms with Crippen LogP contribution in [0.1, 0.15) is 32.1 Å². The van der Waals surface area contributed by atoms with Gasteiger partial charge in [0.15, 0.2) is 5.11 Å². The molecule has 6 nitrogen and oxygen atoms in total. The molecule has 0 spiro atoms. The summed E-state index contributed by atoms with van der Waals surface area (Å²) in [5, 5.41) is 6.93. The summed E-state index contributed by atoms with van der Waals surface area (Å²) in [5.41, 5.74) is 2.73. The second-order valence-corrected chi connectivity index (χ2v) is 4.77. The zero-order valence-corrected chi connectivity index (χ0v) is 10.3. The molecule has 0 aromatic rings. The van der Waals surface area contributed by atoms with E-state index in [0.717, 1.165) is 12.8 Å². The Kier molecular flexibility index (Phi) is 3.78. The molecule has 2 aliphatic rings. The Morgan fingerprint density at radius 3 is 2.59 bits per heavy atom. The average Bonchev–Trinajstić information content (AvgIpc) is 2.58. The van der Waals surface area contributed by atoms with Crippen molar-refractivity contribution in [3.63, 3.8) is 0 Å². The van der Waals surface area contributed by atoms with Crippen molar-refractivity contribution in [3.05, 3.63) is 0 Å². The third-order valence-corrected chi connectivity index (χ3v) is 3.18. The van der Waals surface area contributed by atoms with Gasteiger partial charge in [0.05, 0.1) is 0 Å². The molecule has 0 aromatic heterocycles. The van der Waals surface area contributed by atoms with Gasteiger partial charge in [-0.25, -0.2) is 9.80 Å². The SMILES string of the molecule is O=C1CN(NC(=S)NC2CCCCC2)C(=O)N1. The van der Waals surface area contributed by atoms with E-state index in [-0.39, 0.29) is 12.5 Å². The summed E-state index contributed by atoms with van der Waals surface area (Å²) in [5.74, 6) is -0.317. The fourth-order valence-electron chi connectivity index (χ4n) is 2.12. The number of carbonyl (C=O) groups is 2. The zero-order chi connectivity index (χ0) is 12.3. The van der Waals surface area contributed by atoms with Crippen LogP contribution in [0, 0.1) is 0 Å². The smallest absolute Gasteiger partial charge is 0.343 e. The molecular formula is C10H16N4O2S. The Morgan fingerprint density at radius 1 is 1.29 bits per heavy atom. The summed E-state index contributed by atoms with van der Waals surface area (Å²) < 4.78 is 0. The predicted octanol–water partition coefficient (Wildman–Crippen LogP) is 0.250. The first-order valence-corrected chi connectivity index (χ1v) is 6.24. The number of carbonyl (C=O) groups excluding carboxylic acids is 2. The number of amides is 3. The summed E-state index contributed by atoms with van der Waals surface area (Å²) in [7, 11) is 0. The molecule has 3 N–H and O–H groups in total. The van der Waals surface area contributed by atoms with Gasteiger partial charge in [0.1, 0.15) is 6.54 Å². The molecule has 1 saturated heterocycles. The van der Waals surface area contributed by atoms with Gasteiger partial charge >= 0.3 is 6.03 Å². The highest BCUT2D eigenvalue weighted by atomic mass is 32.1. The lowest BCUT2D eigenvalue weighted by atomic mass is 9.96. The molecule has 2 fully saturated rings. The molecule has 0 unspecified atom stereocenters. The molecule has 94 valence electrons. The quantitative estimate of drug-likeness (QED) is 0.488. The number of urea groups is 1. The molecule has 7 heteroatoms. The number of hydrogen-bond acceptors (Lipinski definition) is 3. The lowest BCUT2D eigenvalue weighted by Crippen LogP contribution is -2.51. The summed E-state index contributed by atoms with van der Waals surface area (Å²) in [6.45, 7) is 0.00528. The van der Waals surface area contributed by atoms with E-state index in [0.29, 0.717) is 11.2 Å². The van der Waals surface area contributed by atoms with Gasteiger partial charge in [-0.15, -0.1) is 0 Å². The largest absolute Gasteiger partial charge is 0.359 e. The minimum Gasteiger partial charge on any atom is -0.359 e. The lowest BCUT2D eigenvalue weighted by molar-refractivity contribution is -0.118. The first-order chi connectivity index (χ1) is 8.15. The van der Waals surface area contributed by atoms with Gasteiger partial charge in [0.2, 0.25) is 5.91 Å².